The van der Waals surface area contributed by atoms with Crippen LogP contribution in [-0.2, 0) is 13.6 Å². The summed E-state index contributed by atoms with van der Waals surface area (Å²) in [5, 5.41) is 4.16. The van der Waals surface area contributed by atoms with Gasteiger partial charge in [0.05, 0.1) is 24.6 Å². The largest absolute Gasteiger partial charge is 0.347 e. The van der Waals surface area contributed by atoms with Gasteiger partial charge in [0.25, 0.3) is 0 Å². The van der Waals surface area contributed by atoms with Crippen molar-refractivity contribution in [3.8, 4) is 11.3 Å². The highest BCUT2D eigenvalue weighted by Gasteiger charge is 2.17. The summed E-state index contributed by atoms with van der Waals surface area (Å²) in [5.74, 6) is -0.300. The SMILES string of the molecule is Cn1cc(-c2cnc3ccc(N(Cc4ncc[nH]4)c4cc(F)cc(F)c4)nc3n2)cn1. The van der Waals surface area contributed by atoms with Gasteiger partial charge < -0.3 is 9.88 Å². The first-order valence-electron chi connectivity index (χ1n) is 9.40. The number of hydrogen-bond acceptors (Lipinski definition) is 6. The lowest BCUT2D eigenvalue weighted by Crippen LogP contribution is -2.19. The van der Waals surface area contributed by atoms with E-state index in [1.165, 1.54) is 12.1 Å². The molecule has 5 rings (SSSR count). The van der Waals surface area contributed by atoms with Crippen molar-refractivity contribution < 1.29 is 8.78 Å². The minimum atomic E-state index is -0.682. The Hall–Kier alpha value is -4.21. The maximum absolute atomic E-state index is 13.9. The molecule has 0 aliphatic carbocycles. The molecule has 0 unspecified atom stereocenters. The van der Waals surface area contributed by atoms with E-state index in [4.69, 9.17) is 0 Å². The Labute approximate surface area is 175 Å². The van der Waals surface area contributed by atoms with E-state index in [-0.39, 0.29) is 6.54 Å². The molecule has 0 saturated carbocycles. The lowest BCUT2D eigenvalue weighted by Gasteiger charge is -2.23. The van der Waals surface area contributed by atoms with E-state index < -0.39 is 11.6 Å². The lowest BCUT2D eigenvalue weighted by molar-refractivity contribution is 0.582. The zero-order valence-electron chi connectivity index (χ0n) is 16.4. The van der Waals surface area contributed by atoms with E-state index in [1.54, 1.807) is 46.5 Å². The number of benzene rings is 1. The zero-order chi connectivity index (χ0) is 21.4. The first-order valence-corrected chi connectivity index (χ1v) is 9.40. The minimum Gasteiger partial charge on any atom is -0.347 e. The highest BCUT2D eigenvalue weighted by atomic mass is 19.1. The molecule has 0 fully saturated rings. The van der Waals surface area contributed by atoms with Crippen LogP contribution in [0.3, 0.4) is 0 Å². The molecular weight excluding hydrogens is 402 g/mol. The number of H-pyrrole nitrogens is 1. The number of aromatic nitrogens is 7. The highest BCUT2D eigenvalue weighted by Crippen LogP contribution is 2.28. The number of fused-ring (bicyclic) bond motifs is 1. The van der Waals surface area contributed by atoms with E-state index in [1.807, 2.05) is 13.2 Å². The third-order valence-corrected chi connectivity index (χ3v) is 4.69. The summed E-state index contributed by atoms with van der Waals surface area (Å²) in [6.07, 6.45) is 8.47. The van der Waals surface area contributed by atoms with Crippen LogP contribution in [0, 0.1) is 11.6 Å². The molecule has 5 aromatic rings. The molecule has 1 N–H and O–H groups in total. The molecule has 0 saturated heterocycles. The van der Waals surface area contributed by atoms with Crippen LogP contribution in [0.2, 0.25) is 0 Å². The average molecular weight is 418 g/mol. The minimum absolute atomic E-state index is 0.226. The molecule has 0 spiro atoms. The standard InChI is InChI=1S/C21H16F2N8/c1-30-11-13(9-27-30)18-10-26-17-2-3-20(29-21(17)28-18)31(12-19-24-4-5-25-19)16-7-14(22)6-15(23)8-16/h2-11H,12H2,1H3,(H,24,25). The first kappa shape index (κ1) is 18.8. The van der Waals surface area contributed by atoms with Gasteiger partial charge in [0.15, 0.2) is 5.65 Å². The van der Waals surface area contributed by atoms with Crippen molar-refractivity contribution in [3.63, 3.8) is 0 Å². The second kappa shape index (κ2) is 7.56. The van der Waals surface area contributed by atoms with Crippen molar-refractivity contribution in [1.29, 1.82) is 0 Å². The zero-order valence-corrected chi connectivity index (χ0v) is 16.4. The Balaban J connectivity index is 1.61. The molecule has 4 aromatic heterocycles. The number of nitrogens with zero attached hydrogens (tertiary/aromatic N) is 7. The summed E-state index contributed by atoms with van der Waals surface area (Å²) < 4.78 is 29.6. The second-order valence-electron chi connectivity index (χ2n) is 6.92. The normalized spacial score (nSPS) is 11.2. The third-order valence-electron chi connectivity index (χ3n) is 4.69. The van der Waals surface area contributed by atoms with Gasteiger partial charge in [-0.2, -0.15) is 5.10 Å². The molecule has 0 radical (unpaired) electrons. The molecule has 0 aliphatic heterocycles. The van der Waals surface area contributed by atoms with E-state index in [0.717, 1.165) is 11.6 Å². The number of aromatic amines is 1. The third kappa shape index (κ3) is 3.82. The van der Waals surface area contributed by atoms with E-state index >= 15 is 0 Å². The predicted octanol–water partition coefficient (Wildman–Crippen LogP) is 3.76. The van der Waals surface area contributed by atoms with Crippen LogP contribution in [-0.4, -0.2) is 34.7 Å². The van der Waals surface area contributed by atoms with Crippen LogP contribution in [0.5, 0.6) is 0 Å². The molecular formula is C21H16F2N8. The van der Waals surface area contributed by atoms with Gasteiger partial charge >= 0.3 is 0 Å². The van der Waals surface area contributed by atoms with Gasteiger partial charge in [0, 0.05) is 43.0 Å². The predicted molar refractivity (Wildman–Crippen MR) is 110 cm³/mol. The Bertz CT molecular complexity index is 1340. The Morgan fingerprint density at radius 3 is 2.58 bits per heavy atom. The quantitative estimate of drug-likeness (QED) is 0.468. The maximum atomic E-state index is 13.9. The number of anilines is 2. The topological polar surface area (TPSA) is 88.4 Å². The summed E-state index contributed by atoms with van der Waals surface area (Å²) in [7, 11) is 1.82. The molecule has 0 aliphatic rings. The van der Waals surface area contributed by atoms with Crippen LogP contribution in [0.25, 0.3) is 22.4 Å². The number of nitrogens with one attached hydrogen (secondary N) is 1. The number of halogens is 2. The monoisotopic (exact) mass is 418 g/mol. The molecule has 1 aromatic carbocycles. The lowest BCUT2D eigenvalue weighted by atomic mass is 10.2. The van der Waals surface area contributed by atoms with Gasteiger partial charge in [-0.3, -0.25) is 9.67 Å². The Kier molecular flexibility index (Phi) is 4.58. The summed E-state index contributed by atoms with van der Waals surface area (Å²) in [4.78, 5) is 22.5. The number of imidazole rings is 1. The summed E-state index contributed by atoms with van der Waals surface area (Å²) in [6, 6.07) is 6.81. The van der Waals surface area contributed by atoms with Crippen molar-refractivity contribution in [1.82, 2.24) is 34.7 Å². The molecule has 0 bridgehead atoms. The average Bonchev–Trinajstić information content (AvgIpc) is 3.42. The van der Waals surface area contributed by atoms with Gasteiger partial charge in [-0.1, -0.05) is 0 Å². The fraction of sp³-hybridized carbons (Fsp3) is 0.0952. The summed E-state index contributed by atoms with van der Waals surface area (Å²) in [6.45, 7) is 0.226. The van der Waals surface area contributed by atoms with Gasteiger partial charge in [-0.15, -0.1) is 0 Å². The van der Waals surface area contributed by atoms with E-state index in [0.29, 0.717) is 34.2 Å². The number of rotatable bonds is 5. The van der Waals surface area contributed by atoms with Crippen molar-refractivity contribution in [2.24, 2.45) is 7.05 Å². The molecule has 8 nitrogen and oxygen atoms in total. The van der Waals surface area contributed by atoms with Crippen LogP contribution in [0.4, 0.5) is 20.3 Å². The van der Waals surface area contributed by atoms with Gasteiger partial charge in [0.2, 0.25) is 0 Å². The Morgan fingerprint density at radius 1 is 1.03 bits per heavy atom. The number of hydrogen-bond donors (Lipinski definition) is 1. The maximum Gasteiger partial charge on any atom is 0.180 e. The highest BCUT2D eigenvalue weighted by molar-refractivity contribution is 5.76. The smallest absolute Gasteiger partial charge is 0.180 e. The summed E-state index contributed by atoms with van der Waals surface area (Å²) >= 11 is 0. The molecule has 4 heterocycles. The van der Waals surface area contributed by atoms with Gasteiger partial charge in [-0.25, -0.2) is 23.7 Å². The number of pyridine rings is 1. The van der Waals surface area contributed by atoms with Crippen molar-refractivity contribution in [3.05, 3.63) is 78.8 Å². The molecule has 10 heteroatoms. The Morgan fingerprint density at radius 2 is 1.87 bits per heavy atom. The van der Waals surface area contributed by atoms with E-state index in [2.05, 4.69) is 30.0 Å². The van der Waals surface area contributed by atoms with E-state index in [9.17, 15) is 8.78 Å². The molecule has 31 heavy (non-hydrogen) atoms. The van der Waals surface area contributed by atoms with Crippen molar-refractivity contribution in [2.75, 3.05) is 4.90 Å². The van der Waals surface area contributed by atoms with Crippen LogP contribution in [0.1, 0.15) is 5.82 Å². The molecule has 0 amide bonds. The molecule has 0 atom stereocenters. The van der Waals surface area contributed by atoms with Crippen molar-refractivity contribution >= 4 is 22.7 Å². The molecule has 154 valence electrons. The van der Waals surface area contributed by atoms with Gasteiger partial charge in [-0.05, 0) is 24.3 Å². The van der Waals surface area contributed by atoms with Crippen LogP contribution >= 0.6 is 0 Å². The van der Waals surface area contributed by atoms with Gasteiger partial charge in [0.1, 0.15) is 28.8 Å². The fourth-order valence-corrected chi connectivity index (χ4v) is 3.26. The van der Waals surface area contributed by atoms with Crippen molar-refractivity contribution in [2.45, 2.75) is 6.54 Å². The number of aryl methyl sites for hydroxylation is 1. The fourth-order valence-electron chi connectivity index (χ4n) is 3.26. The van der Waals surface area contributed by atoms with Crippen LogP contribution < -0.4 is 4.90 Å². The summed E-state index contributed by atoms with van der Waals surface area (Å²) in [5.41, 5.74) is 2.74. The second-order valence-corrected chi connectivity index (χ2v) is 6.92. The first-order chi connectivity index (χ1) is 15.0. The van der Waals surface area contributed by atoms with Crippen LogP contribution in [0.15, 0.2) is 61.3 Å².